The summed E-state index contributed by atoms with van der Waals surface area (Å²) < 4.78 is 0. The lowest BCUT2D eigenvalue weighted by Gasteiger charge is -2.18. The van der Waals surface area contributed by atoms with Gasteiger partial charge in [-0.15, -0.1) is 11.3 Å². The van der Waals surface area contributed by atoms with Crippen molar-refractivity contribution in [2.24, 2.45) is 5.84 Å². The number of nitrogen functional groups attached to an aromatic ring is 2. The summed E-state index contributed by atoms with van der Waals surface area (Å²) in [6, 6.07) is 1.79. The van der Waals surface area contributed by atoms with E-state index in [-0.39, 0.29) is 5.82 Å². The molecule has 8 N–H and O–H groups in total. The van der Waals surface area contributed by atoms with Crippen molar-refractivity contribution in [2.45, 2.75) is 6.54 Å². The minimum absolute atomic E-state index is 0.233. The summed E-state index contributed by atoms with van der Waals surface area (Å²) in [4.78, 5) is 10.2. The fourth-order valence-corrected chi connectivity index (χ4v) is 2.95. The molecule has 0 aliphatic carbocycles. The van der Waals surface area contributed by atoms with E-state index in [4.69, 9.17) is 22.7 Å². The number of thiophene rings is 1. The molecule has 9 nitrogen and oxygen atoms in total. The molecule has 0 aliphatic heterocycles. The normalized spacial score (nSPS) is 10.7. The maximum atomic E-state index is 7.30. The molecule has 23 heavy (non-hydrogen) atoms. The molecule has 0 aromatic carbocycles. The number of aromatic nitrogens is 4. The van der Waals surface area contributed by atoms with E-state index in [0.29, 0.717) is 28.6 Å². The quantitative estimate of drug-likeness (QED) is 0.265. The van der Waals surface area contributed by atoms with Gasteiger partial charge in [0.05, 0.1) is 35.2 Å². The number of aromatic amines is 1. The van der Waals surface area contributed by atoms with Crippen LogP contribution in [0.2, 0.25) is 0 Å². The van der Waals surface area contributed by atoms with Crippen molar-refractivity contribution in [1.82, 2.24) is 20.2 Å². The Morgan fingerprint density at radius 1 is 1.35 bits per heavy atom. The highest BCUT2D eigenvalue weighted by molar-refractivity contribution is 7.14. The molecule has 0 saturated carbocycles. The van der Waals surface area contributed by atoms with Crippen LogP contribution in [-0.2, 0) is 6.54 Å². The van der Waals surface area contributed by atoms with Gasteiger partial charge in [0, 0.05) is 22.9 Å². The summed E-state index contributed by atoms with van der Waals surface area (Å²) in [5.41, 5.74) is 13.7. The predicted molar refractivity (Wildman–Crippen MR) is 91.0 cm³/mol. The van der Waals surface area contributed by atoms with E-state index in [2.05, 4.69) is 20.2 Å². The Hall–Kier alpha value is -2.98. The van der Waals surface area contributed by atoms with Crippen molar-refractivity contribution < 1.29 is 0 Å². The first kappa shape index (κ1) is 14.9. The van der Waals surface area contributed by atoms with Crippen molar-refractivity contribution in [2.75, 3.05) is 16.5 Å². The van der Waals surface area contributed by atoms with E-state index < -0.39 is 0 Å². The number of anilines is 3. The molecule has 0 saturated heterocycles. The van der Waals surface area contributed by atoms with Crippen LogP contribution in [0, 0.1) is 5.41 Å². The molecule has 118 valence electrons. The Morgan fingerprint density at radius 3 is 2.83 bits per heavy atom. The molecule has 3 rings (SSSR count). The Labute approximate surface area is 135 Å². The van der Waals surface area contributed by atoms with Crippen LogP contribution in [0.4, 0.5) is 17.3 Å². The number of nitrogens with two attached hydrogens (primary N) is 3. The fourth-order valence-electron chi connectivity index (χ4n) is 2.04. The van der Waals surface area contributed by atoms with E-state index in [0.717, 1.165) is 10.4 Å². The average molecular weight is 329 g/mol. The summed E-state index contributed by atoms with van der Waals surface area (Å²) in [6.45, 7) is 0.358. The van der Waals surface area contributed by atoms with Crippen molar-refractivity contribution in [1.29, 1.82) is 5.41 Å². The van der Waals surface area contributed by atoms with Crippen molar-refractivity contribution >= 4 is 34.9 Å². The molecular weight excluding hydrogens is 314 g/mol. The molecule has 0 aliphatic rings. The third-order valence-electron chi connectivity index (χ3n) is 3.15. The van der Waals surface area contributed by atoms with Gasteiger partial charge in [-0.1, -0.05) is 0 Å². The number of rotatable bonds is 5. The molecule has 10 heteroatoms. The van der Waals surface area contributed by atoms with Gasteiger partial charge in [-0.25, -0.2) is 15.8 Å². The molecular formula is C13H15N9S. The number of H-pyrrole nitrogens is 1. The van der Waals surface area contributed by atoms with Gasteiger partial charge in [-0.05, 0) is 6.07 Å². The van der Waals surface area contributed by atoms with Crippen molar-refractivity contribution in [3.63, 3.8) is 0 Å². The van der Waals surface area contributed by atoms with Gasteiger partial charge in [-0.2, -0.15) is 5.10 Å². The summed E-state index contributed by atoms with van der Waals surface area (Å²) in [5.74, 6) is 6.69. The van der Waals surface area contributed by atoms with Gasteiger partial charge in [-0.3, -0.25) is 10.1 Å². The molecule has 0 unspecified atom stereocenters. The van der Waals surface area contributed by atoms with Gasteiger partial charge >= 0.3 is 0 Å². The summed E-state index contributed by atoms with van der Waals surface area (Å²) in [5, 5.41) is 15.3. The molecule has 3 aromatic heterocycles. The zero-order valence-corrected chi connectivity index (χ0v) is 12.8. The first-order valence-electron chi connectivity index (χ1n) is 6.61. The van der Waals surface area contributed by atoms with E-state index in [1.165, 1.54) is 22.6 Å². The number of nitrogens with one attached hydrogen (secondary N) is 2. The summed E-state index contributed by atoms with van der Waals surface area (Å²) >= 11 is 1.40. The average Bonchev–Trinajstić information content (AvgIpc) is 3.17. The molecule has 0 atom stereocenters. The lowest BCUT2D eigenvalue weighted by Crippen LogP contribution is -2.31. The monoisotopic (exact) mass is 329 g/mol. The van der Waals surface area contributed by atoms with Crippen LogP contribution < -0.4 is 22.3 Å². The van der Waals surface area contributed by atoms with E-state index in [1.807, 2.05) is 0 Å². The van der Waals surface area contributed by atoms with Crippen molar-refractivity contribution in [3.8, 4) is 11.3 Å². The smallest absolute Gasteiger partial charge is 0.186 e. The predicted octanol–water partition coefficient (Wildman–Crippen LogP) is 0.971. The van der Waals surface area contributed by atoms with E-state index in [1.54, 1.807) is 24.7 Å². The Bertz CT molecular complexity index is 824. The molecule has 0 fully saturated rings. The zero-order valence-electron chi connectivity index (χ0n) is 12.0. The van der Waals surface area contributed by atoms with Crippen LogP contribution in [0.3, 0.4) is 0 Å². The highest BCUT2D eigenvalue weighted by Crippen LogP contribution is 2.27. The van der Waals surface area contributed by atoms with Crippen LogP contribution in [0.15, 0.2) is 24.7 Å². The number of hydrogen-bond donors (Lipinski definition) is 5. The van der Waals surface area contributed by atoms with Gasteiger partial charge in [0.15, 0.2) is 11.6 Å². The summed E-state index contributed by atoms with van der Waals surface area (Å²) in [7, 11) is 0. The van der Waals surface area contributed by atoms with Gasteiger partial charge in [0.2, 0.25) is 0 Å². The van der Waals surface area contributed by atoms with Crippen LogP contribution in [0.25, 0.3) is 11.3 Å². The number of hydrazine groups is 1. The third kappa shape index (κ3) is 2.98. The van der Waals surface area contributed by atoms with Gasteiger partial charge in [0.25, 0.3) is 0 Å². The zero-order chi connectivity index (χ0) is 16.4. The topological polar surface area (TPSA) is 160 Å². The lowest BCUT2D eigenvalue weighted by atomic mass is 10.3. The van der Waals surface area contributed by atoms with Crippen LogP contribution in [-0.4, -0.2) is 26.4 Å². The molecule has 0 bridgehead atoms. The van der Waals surface area contributed by atoms with Crippen LogP contribution in [0.5, 0.6) is 0 Å². The maximum absolute atomic E-state index is 7.30. The second-order valence-corrected chi connectivity index (χ2v) is 5.92. The fraction of sp³-hybridized carbons (Fsp3) is 0.0769. The standard InChI is InChI=1S/C13H15N9S/c14-2-11-9(15)1-8(23-11)6-22(17)13-12(16)18-5-10(21-13)7-3-19-20-4-7/h1-5,14H,6,15,17H2,(H2,16,18)(H,19,20). The second kappa shape index (κ2) is 6.02. The largest absolute Gasteiger partial charge is 0.398 e. The third-order valence-corrected chi connectivity index (χ3v) is 4.23. The van der Waals surface area contributed by atoms with Crippen LogP contribution >= 0.6 is 11.3 Å². The molecule has 0 spiro atoms. The molecule has 3 aromatic rings. The number of hydrogen-bond acceptors (Lipinski definition) is 9. The van der Waals surface area contributed by atoms with Gasteiger partial charge in [0.1, 0.15) is 0 Å². The van der Waals surface area contributed by atoms with E-state index in [9.17, 15) is 0 Å². The minimum atomic E-state index is 0.233. The van der Waals surface area contributed by atoms with Gasteiger partial charge < -0.3 is 16.9 Å². The molecule has 0 amide bonds. The second-order valence-electron chi connectivity index (χ2n) is 4.76. The first-order valence-corrected chi connectivity index (χ1v) is 7.42. The highest BCUT2D eigenvalue weighted by Gasteiger charge is 2.14. The minimum Gasteiger partial charge on any atom is -0.398 e. The first-order chi connectivity index (χ1) is 11.1. The van der Waals surface area contributed by atoms with Crippen molar-refractivity contribution in [3.05, 3.63) is 34.4 Å². The highest BCUT2D eigenvalue weighted by atomic mass is 32.1. The Kier molecular flexibility index (Phi) is 3.91. The SMILES string of the molecule is N=Cc1sc(CN(N)c2nc(-c3cn[nH]c3)cnc2N)cc1N. The van der Waals surface area contributed by atoms with E-state index >= 15 is 0 Å². The molecule has 3 heterocycles. The lowest BCUT2D eigenvalue weighted by molar-refractivity contribution is 0.841. The number of nitrogens with zero attached hydrogens (tertiary/aromatic N) is 4. The maximum Gasteiger partial charge on any atom is 0.186 e. The molecule has 0 radical (unpaired) electrons. The van der Waals surface area contributed by atoms with Crippen LogP contribution in [0.1, 0.15) is 9.75 Å². The summed E-state index contributed by atoms with van der Waals surface area (Å²) in [6.07, 6.45) is 6.13. The Morgan fingerprint density at radius 2 is 2.17 bits per heavy atom. The Balaban J connectivity index is 1.87.